The van der Waals surface area contributed by atoms with Gasteiger partial charge in [-0.25, -0.2) is 4.39 Å². The summed E-state index contributed by atoms with van der Waals surface area (Å²) in [6.45, 7) is 3.70. The molecular formula is C14H13FN4OS. The van der Waals surface area contributed by atoms with Crippen molar-refractivity contribution in [3.05, 3.63) is 35.3 Å². The molecule has 0 aliphatic heterocycles. The predicted molar refractivity (Wildman–Crippen MR) is 79.8 cm³/mol. The van der Waals surface area contributed by atoms with Crippen LogP contribution in [0.25, 0.3) is 22.8 Å². The quantitative estimate of drug-likeness (QED) is 0.800. The maximum Gasteiger partial charge on any atom is 0.263 e. The number of hydrogen-bond donors (Lipinski definition) is 1. The van der Waals surface area contributed by atoms with Crippen molar-refractivity contribution in [2.45, 2.75) is 13.8 Å². The van der Waals surface area contributed by atoms with E-state index in [1.165, 1.54) is 23.7 Å². The molecule has 0 aliphatic rings. The van der Waals surface area contributed by atoms with Crippen molar-refractivity contribution in [2.75, 3.05) is 12.4 Å². The van der Waals surface area contributed by atoms with Crippen molar-refractivity contribution >= 4 is 16.5 Å². The van der Waals surface area contributed by atoms with Gasteiger partial charge >= 0.3 is 0 Å². The monoisotopic (exact) mass is 304 g/mol. The van der Waals surface area contributed by atoms with Crippen LogP contribution >= 0.6 is 11.5 Å². The smallest absolute Gasteiger partial charge is 0.263 e. The number of hydrogen-bond acceptors (Lipinski definition) is 6. The summed E-state index contributed by atoms with van der Waals surface area (Å²) in [7, 11) is 1.82. The van der Waals surface area contributed by atoms with Crippen molar-refractivity contribution < 1.29 is 8.91 Å². The van der Waals surface area contributed by atoms with Gasteiger partial charge in [-0.15, -0.1) is 0 Å². The molecule has 0 bridgehead atoms. The number of benzene rings is 1. The summed E-state index contributed by atoms with van der Waals surface area (Å²) < 4.78 is 22.8. The second-order valence-electron chi connectivity index (χ2n) is 4.60. The zero-order valence-corrected chi connectivity index (χ0v) is 12.6. The lowest BCUT2D eigenvalue weighted by molar-refractivity contribution is 0.432. The van der Waals surface area contributed by atoms with E-state index in [2.05, 4.69) is 19.8 Å². The molecule has 0 atom stereocenters. The van der Waals surface area contributed by atoms with Gasteiger partial charge < -0.3 is 9.84 Å². The molecule has 3 aromatic rings. The summed E-state index contributed by atoms with van der Waals surface area (Å²) >= 11 is 1.34. The predicted octanol–water partition coefficient (Wildman–Crippen LogP) is 3.66. The molecule has 1 aromatic carbocycles. The molecule has 0 amide bonds. The summed E-state index contributed by atoms with van der Waals surface area (Å²) in [6, 6.07) is 4.48. The van der Waals surface area contributed by atoms with Crippen LogP contribution in [0.5, 0.6) is 0 Å². The number of aromatic nitrogens is 3. The normalized spacial score (nSPS) is 10.9. The van der Waals surface area contributed by atoms with E-state index in [-0.39, 0.29) is 5.82 Å². The Kier molecular flexibility index (Phi) is 3.42. The maximum atomic E-state index is 13.2. The summed E-state index contributed by atoms with van der Waals surface area (Å²) in [4.78, 5) is 4.41. The summed E-state index contributed by atoms with van der Waals surface area (Å²) in [5.41, 5.74) is 3.14. The SMILES string of the molecule is CNc1snc(C)c1-c1nc(-c2ccc(F)cc2C)no1. The van der Waals surface area contributed by atoms with E-state index in [9.17, 15) is 4.39 Å². The summed E-state index contributed by atoms with van der Waals surface area (Å²) in [6.07, 6.45) is 0. The summed E-state index contributed by atoms with van der Waals surface area (Å²) in [5.74, 6) is 0.565. The van der Waals surface area contributed by atoms with Gasteiger partial charge in [0.15, 0.2) is 0 Å². The first kappa shape index (κ1) is 13.7. The number of aryl methyl sites for hydroxylation is 2. The van der Waals surface area contributed by atoms with Gasteiger partial charge in [0.05, 0.1) is 11.3 Å². The molecule has 2 aromatic heterocycles. The van der Waals surface area contributed by atoms with Crippen molar-refractivity contribution in [2.24, 2.45) is 0 Å². The minimum Gasteiger partial charge on any atom is -0.378 e. The van der Waals surface area contributed by atoms with Crippen LogP contribution in [0.3, 0.4) is 0 Å². The zero-order chi connectivity index (χ0) is 15.0. The van der Waals surface area contributed by atoms with E-state index in [0.717, 1.165) is 27.4 Å². The van der Waals surface area contributed by atoms with Crippen LogP contribution in [0.1, 0.15) is 11.3 Å². The third-order valence-electron chi connectivity index (χ3n) is 3.16. The van der Waals surface area contributed by atoms with Gasteiger partial charge in [-0.3, -0.25) is 0 Å². The number of anilines is 1. The van der Waals surface area contributed by atoms with Gasteiger partial charge in [-0.1, -0.05) is 5.16 Å². The fraction of sp³-hybridized carbons (Fsp3) is 0.214. The molecule has 0 spiro atoms. The fourth-order valence-electron chi connectivity index (χ4n) is 2.10. The molecular weight excluding hydrogens is 291 g/mol. The molecule has 0 fully saturated rings. The van der Waals surface area contributed by atoms with Crippen LogP contribution in [0, 0.1) is 19.7 Å². The minimum absolute atomic E-state index is 0.282. The first-order valence-corrected chi connectivity index (χ1v) is 7.12. The average molecular weight is 304 g/mol. The Morgan fingerprint density at radius 2 is 2.10 bits per heavy atom. The number of nitrogens with zero attached hydrogens (tertiary/aromatic N) is 3. The van der Waals surface area contributed by atoms with Crippen LogP contribution in [-0.2, 0) is 0 Å². The second kappa shape index (κ2) is 5.25. The minimum atomic E-state index is -0.282. The molecule has 7 heteroatoms. The highest BCUT2D eigenvalue weighted by atomic mass is 32.1. The van der Waals surface area contributed by atoms with Crippen LogP contribution in [0.4, 0.5) is 9.39 Å². The van der Waals surface area contributed by atoms with E-state index >= 15 is 0 Å². The lowest BCUT2D eigenvalue weighted by Crippen LogP contribution is -1.89. The van der Waals surface area contributed by atoms with E-state index in [1.807, 2.05) is 20.9 Å². The van der Waals surface area contributed by atoms with Crippen LogP contribution < -0.4 is 5.32 Å². The Balaban J connectivity index is 2.06. The maximum absolute atomic E-state index is 13.2. The highest BCUT2D eigenvalue weighted by molar-refractivity contribution is 7.10. The topological polar surface area (TPSA) is 63.8 Å². The molecule has 0 radical (unpaired) electrons. The molecule has 108 valence electrons. The van der Waals surface area contributed by atoms with E-state index in [1.54, 1.807) is 6.07 Å². The average Bonchev–Trinajstić information content (AvgIpc) is 3.05. The van der Waals surface area contributed by atoms with Gasteiger partial charge in [0.1, 0.15) is 10.8 Å². The Labute approximate surface area is 125 Å². The standard InChI is InChI=1S/C14H13FN4OS/c1-7-6-9(15)4-5-10(7)12-17-13(20-18-12)11-8(2)19-21-14(11)16-3/h4-6,16H,1-3H3. The second-order valence-corrected chi connectivity index (χ2v) is 5.38. The molecule has 1 N–H and O–H groups in total. The molecule has 0 saturated carbocycles. The molecule has 3 rings (SSSR count). The molecule has 0 unspecified atom stereocenters. The number of nitrogens with one attached hydrogen (secondary N) is 1. The van der Waals surface area contributed by atoms with Gasteiger partial charge in [0, 0.05) is 12.6 Å². The number of rotatable bonds is 3. The first-order chi connectivity index (χ1) is 10.1. The van der Waals surface area contributed by atoms with Gasteiger partial charge in [0.25, 0.3) is 5.89 Å². The Morgan fingerprint density at radius 1 is 1.29 bits per heavy atom. The van der Waals surface area contributed by atoms with E-state index < -0.39 is 0 Å². The van der Waals surface area contributed by atoms with Crippen molar-refractivity contribution in [1.29, 1.82) is 0 Å². The van der Waals surface area contributed by atoms with Crippen molar-refractivity contribution in [3.8, 4) is 22.8 Å². The Bertz CT molecular complexity index is 796. The highest BCUT2D eigenvalue weighted by Gasteiger charge is 2.19. The molecule has 0 aliphatic carbocycles. The van der Waals surface area contributed by atoms with Crippen LogP contribution in [-0.4, -0.2) is 21.6 Å². The zero-order valence-electron chi connectivity index (χ0n) is 11.8. The van der Waals surface area contributed by atoms with E-state index in [4.69, 9.17) is 4.52 Å². The van der Waals surface area contributed by atoms with Crippen molar-refractivity contribution in [1.82, 2.24) is 14.5 Å². The molecule has 21 heavy (non-hydrogen) atoms. The first-order valence-electron chi connectivity index (χ1n) is 6.34. The van der Waals surface area contributed by atoms with Crippen LogP contribution in [0.15, 0.2) is 22.7 Å². The van der Waals surface area contributed by atoms with Crippen LogP contribution in [0.2, 0.25) is 0 Å². The van der Waals surface area contributed by atoms with Gasteiger partial charge in [-0.05, 0) is 49.1 Å². The summed E-state index contributed by atoms with van der Waals surface area (Å²) in [5, 5.41) is 7.92. The van der Waals surface area contributed by atoms with Gasteiger partial charge in [-0.2, -0.15) is 9.36 Å². The lowest BCUT2D eigenvalue weighted by atomic mass is 10.1. The van der Waals surface area contributed by atoms with E-state index in [0.29, 0.717) is 11.7 Å². The van der Waals surface area contributed by atoms with Crippen molar-refractivity contribution in [3.63, 3.8) is 0 Å². The van der Waals surface area contributed by atoms with Gasteiger partial charge in [0.2, 0.25) is 5.82 Å². The highest BCUT2D eigenvalue weighted by Crippen LogP contribution is 2.34. The lowest BCUT2D eigenvalue weighted by Gasteiger charge is -2.00. The number of halogens is 1. The third kappa shape index (κ3) is 2.40. The fourth-order valence-corrected chi connectivity index (χ4v) is 2.84. The molecule has 5 nitrogen and oxygen atoms in total. The largest absolute Gasteiger partial charge is 0.378 e. The molecule has 0 saturated heterocycles. The third-order valence-corrected chi connectivity index (χ3v) is 4.12. The Morgan fingerprint density at radius 3 is 2.81 bits per heavy atom. The Hall–Kier alpha value is -2.28. The molecule has 2 heterocycles.